The van der Waals surface area contributed by atoms with Crippen molar-refractivity contribution in [3.05, 3.63) is 35.9 Å². The highest BCUT2D eigenvalue weighted by Crippen LogP contribution is 2.31. The van der Waals surface area contributed by atoms with Gasteiger partial charge in [-0.1, -0.05) is 37.3 Å². The van der Waals surface area contributed by atoms with E-state index in [1.165, 1.54) is 0 Å². The number of nitrogens with one attached hydrogen (secondary N) is 2. The summed E-state index contributed by atoms with van der Waals surface area (Å²) in [6.07, 6.45) is 0.356. The Morgan fingerprint density at radius 1 is 0.971 bits per heavy atom. The van der Waals surface area contributed by atoms with Crippen LogP contribution in [-0.2, 0) is 24.7 Å². The third-order valence-electron chi connectivity index (χ3n) is 6.68. The zero-order valence-corrected chi connectivity index (χ0v) is 19.5. The van der Waals surface area contributed by atoms with E-state index in [2.05, 4.69) is 15.6 Å². The van der Waals surface area contributed by atoms with Crippen LogP contribution in [0.15, 0.2) is 30.3 Å². The van der Waals surface area contributed by atoms with Crippen LogP contribution in [0.4, 0.5) is 4.79 Å². The lowest BCUT2D eigenvalue weighted by molar-refractivity contribution is -0.140. The van der Waals surface area contributed by atoms with Crippen molar-refractivity contribution < 1.29 is 23.9 Å². The second-order valence-corrected chi connectivity index (χ2v) is 8.78. The first-order chi connectivity index (χ1) is 16.4. The van der Waals surface area contributed by atoms with Crippen molar-refractivity contribution in [1.29, 1.82) is 0 Å². The number of urea groups is 1. The van der Waals surface area contributed by atoms with Crippen molar-refractivity contribution in [3.63, 3.8) is 0 Å². The fraction of sp³-hybridized carbons (Fsp3) is 0.565. The molecule has 2 N–H and O–H groups in total. The van der Waals surface area contributed by atoms with E-state index in [0.29, 0.717) is 57.9 Å². The van der Waals surface area contributed by atoms with E-state index in [1.54, 1.807) is 24.3 Å². The second kappa shape index (κ2) is 10.5. The summed E-state index contributed by atoms with van der Waals surface area (Å²) in [7, 11) is 0. The minimum absolute atomic E-state index is 0.0347. The molecular weight excluding hydrogens is 440 g/mol. The Hall–Kier alpha value is -3.02. The molecule has 5 amide bonds. The van der Waals surface area contributed by atoms with Crippen LogP contribution in [0.1, 0.15) is 18.9 Å². The molecule has 0 radical (unpaired) electrons. The Bertz CT molecular complexity index is 914. The van der Waals surface area contributed by atoms with Crippen LogP contribution in [0.3, 0.4) is 0 Å². The van der Waals surface area contributed by atoms with Gasteiger partial charge in [-0.05, 0) is 12.0 Å². The predicted molar refractivity (Wildman–Crippen MR) is 122 cm³/mol. The fourth-order valence-corrected chi connectivity index (χ4v) is 4.61. The minimum Gasteiger partial charge on any atom is -0.379 e. The molecule has 1 aromatic rings. The fourth-order valence-electron chi connectivity index (χ4n) is 4.61. The number of carbonyl (C=O) groups is 4. The van der Waals surface area contributed by atoms with Crippen LogP contribution in [0.2, 0.25) is 0 Å². The number of carbonyl (C=O) groups excluding carboxylic acids is 4. The third-order valence-corrected chi connectivity index (χ3v) is 6.68. The summed E-state index contributed by atoms with van der Waals surface area (Å²) in [5.74, 6) is -0.864. The van der Waals surface area contributed by atoms with E-state index in [0.717, 1.165) is 18.1 Å². The lowest BCUT2D eigenvalue weighted by atomic mass is 9.87. The Labute approximate surface area is 198 Å². The molecule has 0 bridgehead atoms. The maximum Gasteiger partial charge on any atom is 0.344 e. The van der Waals surface area contributed by atoms with Crippen LogP contribution >= 0.6 is 0 Å². The summed E-state index contributed by atoms with van der Waals surface area (Å²) < 4.78 is 5.32. The lowest BCUT2D eigenvalue weighted by Crippen LogP contribution is -2.55. The normalized spacial score (nSPS) is 24.3. The Morgan fingerprint density at radius 2 is 1.62 bits per heavy atom. The van der Waals surface area contributed by atoms with E-state index in [-0.39, 0.29) is 12.5 Å². The molecule has 11 nitrogen and oxygen atoms in total. The van der Waals surface area contributed by atoms with E-state index < -0.39 is 23.4 Å². The Kier molecular flexibility index (Phi) is 7.44. The third kappa shape index (κ3) is 5.06. The minimum atomic E-state index is -1.20. The van der Waals surface area contributed by atoms with Gasteiger partial charge in [0.2, 0.25) is 5.91 Å². The average Bonchev–Trinajstić information content (AvgIpc) is 3.10. The van der Waals surface area contributed by atoms with Crippen molar-refractivity contribution in [2.75, 3.05) is 65.6 Å². The van der Waals surface area contributed by atoms with Crippen LogP contribution in [0.25, 0.3) is 0 Å². The SMILES string of the molecule is CC[C@@]1(c2ccccc2)NC(=O)N(NC(=O)CN2CCN(C(=O)CN3CCOCC3)CC2)C1=O. The van der Waals surface area contributed by atoms with Gasteiger partial charge in [0.25, 0.3) is 11.8 Å². The molecule has 0 aromatic heterocycles. The summed E-state index contributed by atoms with van der Waals surface area (Å²) in [6, 6.07) is 8.36. The smallest absolute Gasteiger partial charge is 0.344 e. The van der Waals surface area contributed by atoms with Crippen molar-refractivity contribution in [2.24, 2.45) is 0 Å². The molecule has 3 fully saturated rings. The van der Waals surface area contributed by atoms with Gasteiger partial charge in [-0.2, -0.15) is 5.01 Å². The number of hydrogen-bond donors (Lipinski definition) is 2. The number of morpholine rings is 1. The highest BCUT2D eigenvalue weighted by molar-refractivity contribution is 6.08. The average molecular weight is 473 g/mol. The maximum atomic E-state index is 13.1. The van der Waals surface area contributed by atoms with Gasteiger partial charge in [0.1, 0.15) is 5.54 Å². The molecule has 3 saturated heterocycles. The number of hydrogen-bond acceptors (Lipinski definition) is 7. The van der Waals surface area contributed by atoms with Crippen LogP contribution < -0.4 is 10.7 Å². The number of benzene rings is 1. The molecule has 0 saturated carbocycles. The van der Waals surface area contributed by atoms with E-state index in [9.17, 15) is 19.2 Å². The monoisotopic (exact) mass is 472 g/mol. The van der Waals surface area contributed by atoms with Crippen LogP contribution in [0.5, 0.6) is 0 Å². The highest BCUT2D eigenvalue weighted by atomic mass is 16.5. The summed E-state index contributed by atoms with van der Waals surface area (Å²) in [6.45, 7) is 7.23. The number of ether oxygens (including phenoxy) is 1. The number of hydrazine groups is 1. The summed E-state index contributed by atoms with van der Waals surface area (Å²) in [5, 5.41) is 3.53. The number of imide groups is 1. The molecule has 1 atom stereocenters. The topological polar surface area (TPSA) is 115 Å². The van der Waals surface area contributed by atoms with E-state index >= 15 is 0 Å². The molecule has 3 heterocycles. The molecule has 184 valence electrons. The zero-order valence-electron chi connectivity index (χ0n) is 19.5. The Morgan fingerprint density at radius 3 is 2.26 bits per heavy atom. The summed E-state index contributed by atoms with van der Waals surface area (Å²) in [5.41, 5.74) is 1.94. The van der Waals surface area contributed by atoms with Gasteiger partial charge in [0, 0.05) is 39.3 Å². The maximum absolute atomic E-state index is 13.1. The van der Waals surface area contributed by atoms with Gasteiger partial charge in [-0.25, -0.2) is 4.79 Å². The quantitative estimate of drug-likeness (QED) is 0.507. The van der Waals surface area contributed by atoms with Crippen molar-refractivity contribution in [2.45, 2.75) is 18.9 Å². The molecule has 11 heteroatoms. The van der Waals surface area contributed by atoms with Crippen molar-refractivity contribution in [3.8, 4) is 0 Å². The lowest BCUT2D eigenvalue weighted by Gasteiger charge is -2.36. The van der Waals surface area contributed by atoms with Gasteiger partial charge >= 0.3 is 6.03 Å². The van der Waals surface area contributed by atoms with Gasteiger partial charge in [0.15, 0.2) is 0 Å². The second-order valence-electron chi connectivity index (χ2n) is 8.78. The number of nitrogens with zero attached hydrogens (tertiary/aromatic N) is 4. The van der Waals surface area contributed by atoms with Gasteiger partial charge in [-0.3, -0.25) is 29.6 Å². The highest BCUT2D eigenvalue weighted by Gasteiger charge is 2.52. The number of piperazine rings is 1. The van der Waals surface area contributed by atoms with E-state index in [4.69, 9.17) is 4.74 Å². The first-order valence-corrected chi connectivity index (χ1v) is 11.7. The van der Waals surface area contributed by atoms with Crippen molar-refractivity contribution in [1.82, 2.24) is 30.5 Å². The standard InChI is InChI=1S/C23H32N6O5/c1-2-23(18-6-4-3-5-7-18)21(32)29(22(33)24-23)25-19(30)16-26-8-10-28(11-9-26)20(31)17-27-12-14-34-15-13-27/h3-7H,2,8-17H2,1H3,(H,24,33)(H,25,30)/t23-/m0/s1. The van der Waals surface area contributed by atoms with Crippen molar-refractivity contribution >= 4 is 23.8 Å². The predicted octanol–water partition coefficient (Wildman–Crippen LogP) is -0.649. The van der Waals surface area contributed by atoms with Crippen LogP contribution in [-0.4, -0.2) is 109 Å². The number of amides is 5. The molecule has 4 rings (SSSR count). The van der Waals surface area contributed by atoms with Gasteiger partial charge in [-0.15, -0.1) is 0 Å². The molecule has 0 unspecified atom stereocenters. The van der Waals surface area contributed by atoms with Gasteiger partial charge < -0.3 is 15.0 Å². The molecule has 0 aliphatic carbocycles. The molecule has 34 heavy (non-hydrogen) atoms. The molecule has 3 aliphatic rings. The first kappa shape index (κ1) is 24.1. The van der Waals surface area contributed by atoms with E-state index in [1.807, 2.05) is 22.8 Å². The first-order valence-electron chi connectivity index (χ1n) is 11.7. The van der Waals surface area contributed by atoms with Gasteiger partial charge in [0.05, 0.1) is 26.3 Å². The zero-order chi connectivity index (χ0) is 24.1. The molecular formula is C23H32N6O5. The Balaban J connectivity index is 1.27. The number of rotatable bonds is 7. The summed E-state index contributed by atoms with van der Waals surface area (Å²) >= 11 is 0. The largest absolute Gasteiger partial charge is 0.379 e. The molecule has 1 aromatic carbocycles. The summed E-state index contributed by atoms with van der Waals surface area (Å²) in [4.78, 5) is 56.7. The molecule has 3 aliphatic heterocycles. The van der Waals surface area contributed by atoms with Crippen LogP contribution in [0, 0.1) is 0 Å². The molecule has 0 spiro atoms.